The first-order valence-electron chi connectivity index (χ1n) is 22.9. The van der Waals surface area contributed by atoms with E-state index >= 15 is 0 Å². The number of methoxy groups -OCH3 is 3. The molecule has 0 fully saturated rings. The zero-order valence-electron chi connectivity index (χ0n) is 43.5. The maximum absolute atomic E-state index is 12.7. The minimum atomic E-state index is -3.73. The van der Waals surface area contributed by atoms with Crippen LogP contribution in [0.1, 0.15) is 89.3 Å². The van der Waals surface area contributed by atoms with Crippen molar-refractivity contribution in [1.29, 1.82) is 0 Å². The molecule has 0 radical (unpaired) electrons. The smallest absolute Gasteiger partial charge is 0.261 e. The second-order valence-corrected chi connectivity index (χ2v) is 24.9. The van der Waals surface area contributed by atoms with E-state index in [9.17, 15) is 39.6 Å². The van der Waals surface area contributed by atoms with E-state index in [2.05, 4.69) is 46.3 Å². The number of ketones is 3. The minimum absolute atomic E-state index is 0.0479. The van der Waals surface area contributed by atoms with Gasteiger partial charge in [-0.2, -0.15) is 4.31 Å². The van der Waals surface area contributed by atoms with Gasteiger partial charge in [-0.25, -0.2) is 30.0 Å². The molecule has 0 unspecified atom stereocenters. The Hall–Kier alpha value is -6.25. The maximum Gasteiger partial charge on any atom is 0.261 e. The molecule has 0 spiro atoms. The number of rotatable bonds is 16. The number of benzene rings is 6. The van der Waals surface area contributed by atoms with E-state index in [0.717, 1.165) is 26.7 Å². The quantitative estimate of drug-likeness (QED) is 0.0682. The van der Waals surface area contributed by atoms with Gasteiger partial charge in [0.1, 0.15) is 17.2 Å². The summed E-state index contributed by atoms with van der Waals surface area (Å²) in [6, 6.07) is 39.9. The van der Waals surface area contributed by atoms with Gasteiger partial charge in [-0.15, -0.1) is 0 Å². The summed E-state index contributed by atoms with van der Waals surface area (Å²) in [5.74, 6) is 1.38. The van der Waals surface area contributed by atoms with Crippen LogP contribution in [0.5, 0.6) is 17.2 Å². The number of nitrogens with one attached hydrogen (secondary N) is 1. The number of sulfonamides is 2. The molecule has 3 N–H and O–H groups in total. The molecule has 0 heterocycles. The fourth-order valence-corrected chi connectivity index (χ4v) is 9.19. The topological polar surface area (TPSA) is 223 Å². The molecule has 6 aromatic rings. The lowest BCUT2D eigenvalue weighted by Crippen LogP contribution is -2.32. The standard InChI is InChI=1S/C20H25NO4S.C19H23NO4S.C9H11NO2.C7H7ClO2S/c1-20(2,3)16-8-12-18(13-9-16)26(23,24)21(4)14-19(22)15-6-10-17(25-5)11-7-15;1-19(2,3)15-7-11-17(12-8-15)25(22,23)20-13-18(21)14-5-9-16(24-4)10-6-14;1-12-8-4-2-7(3-5-8)9(11)6-10;1-6-2-4-7(5-3-6)11(8,9)10/h6-13H,14H2,1-5H3;5-12,20H,13H2,1-4H3;2-5H,6,10H2,1H3;2-5H,1H3. The number of aryl methyl sites for hydroxylation is 1. The summed E-state index contributed by atoms with van der Waals surface area (Å²) < 4.78 is 90.0. The van der Waals surface area contributed by atoms with Crippen molar-refractivity contribution in [2.45, 2.75) is 74.0 Å². The van der Waals surface area contributed by atoms with Crippen molar-refractivity contribution in [2.24, 2.45) is 5.73 Å². The third-order valence-electron chi connectivity index (χ3n) is 11.0. The van der Waals surface area contributed by atoms with E-state index in [1.54, 1.807) is 136 Å². The normalized spacial score (nSPS) is 11.6. The van der Waals surface area contributed by atoms with Crippen molar-refractivity contribution >= 4 is 57.1 Å². The molecule has 0 aromatic heterocycles. The van der Waals surface area contributed by atoms with Gasteiger partial charge in [-0.3, -0.25) is 14.4 Å². The Morgan fingerprint density at radius 3 is 1.19 bits per heavy atom. The monoisotopic (exact) mass is 1090 g/mol. The highest BCUT2D eigenvalue weighted by atomic mass is 35.7. The van der Waals surface area contributed by atoms with Crippen LogP contribution in [0, 0.1) is 6.92 Å². The Morgan fingerprint density at radius 2 is 0.851 bits per heavy atom. The highest BCUT2D eigenvalue weighted by Gasteiger charge is 2.25. The van der Waals surface area contributed by atoms with Crippen LogP contribution >= 0.6 is 10.7 Å². The number of hydrogen-bond acceptors (Lipinski definition) is 13. The van der Waals surface area contributed by atoms with Crippen molar-refractivity contribution in [3.8, 4) is 17.2 Å². The van der Waals surface area contributed by atoms with Crippen LogP contribution in [0.25, 0.3) is 0 Å². The highest BCUT2D eigenvalue weighted by Crippen LogP contribution is 2.26. The number of carbonyl (C=O) groups excluding carboxylic acids is 3. The van der Waals surface area contributed by atoms with E-state index < -0.39 is 29.1 Å². The van der Waals surface area contributed by atoms with E-state index in [-0.39, 0.29) is 62.5 Å². The van der Waals surface area contributed by atoms with Gasteiger partial charge in [0.25, 0.3) is 9.05 Å². The van der Waals surface area contributed by atoms with Crippen LogP contribution in [0.3, 0.4) is 0 Å². The molecule has 0 saturated carbocycles. The summed E-state index contributed by atoms with van der Waals surface area (Å²) in [4.78, 5) is 36.0. The average molecular weight is 1090 g/mol. The fraction of sp³-hybridized carbons (Fsp3) is 0.291. The predicted molar refractivity (Wildman–Crippen MR) is 291 cm³/mol. The first-order chi connectivity index (χ1) is 34.5. The van der Waals surface area contributed by atoms with Crippen molar-refractivity contribution in [3.63, 3.8) is 0 Å². The Morgan fingerprint density at radius 1 is 0.514 bits per heavy atom. The van der Waals surface area contributed by atoms with Crippen LogP contribution in [0.15, 0.2) is 160 Å². The molecule has 0 amide bonds. The van der Waals surface area contributed by atoms with E-state index in [0.29, 0.717) is 28.2 Å². The number of Topliss-reactive ketones (excluding diaryl/α,β-unsaturated/α-hetero) is 3. The Labute approximate surface area is 441 Å². The first-order valence-corrected chi connectivity index (χ1v) is 28.1. The lowest BCUT2D eigenvalue weighted by atomic mass is 9.87. The van der Waals surface area contributed by atoms with Gasteiger partial charge < -0.3 is 19.9 Å². The minimum Gasteiger partial charge on any atom is -0.497 e. The zero-order chi connectivity index (χ0) is 55.7. The van der Waals surface area contributed by atoms with Crippen LogP contribution in [-0.4, -0.2) is 94.9 Å². The lowest BCUT2D eigenvalue weighted by Gasteiger charge is -2.20. The van der Waals surface area contributed by atoms with Gasteiger partial charge in [0.05, 0.1) is 55.7 Å². The van der Waals surface area contributed by atoms with Crippen molar-refractivity contribution in [1.82, 2.24) is 9.03 Å². The van der Waals surface area contributed by atoms with Crippen molar-refractivity contribution in [3.05, 3.63) is 179 Å². The molecule has 0 bridgehead atoms. The predicted octanol–water partition coefficient (Wildman–Crippen LogP) is 9.41. The van der Waals surface area contributed by atoms with Gasteiger partial charge in [-0.1, -0.05) is 83.5 Å². The summed E-state index contributed by atoms with van der Waals surface area (Å²) in [5, 5.41) is 0. The number of hydrogen-bond donors (Lipinski definition) is 2. The summed E-state index contributed by atoms with van der Waals surface area (Å²) in [7, 11) is 0.148. The van der Waals surface area contributed by atoms with Gasteiger partial charge in [-0.05, 0) is 138 Å². The van der Waals surface area contributed by atoms with Crippen molar-refractivity contribution < 1.29 is 53.8 Å². The molecule has 0 atom stereocenters. The first kappa shape index (κ1) is 62.0. The molecular weight excluding hydrogens is 1030 g/mol. The van der Waals surface area contributed by atoms with E-state index in [4.69, 9.17) is 30.6 Å². The number of ether oxygens (including phenoxy) is 3. The van der Waals surface area contributed by atoms with Gasteiger partial charge >= 0.3 is 0 Å². The molecule has 0 aliphatic carbocycles. The SMILES string of the molecule is COc1ccc(C(=O)CN(C)S(=O)(=O)c2ccc(C(C)(C)C)cc2)cc1.COc1ccc(C(=O)CN)cc1.COc1ccc(C(=O)CNS(=O)(=O)c2ccc(C(C)(C)C)cc2)cc1.Cc1ccc(S(=O)(=O)Cl)cc1. The average Bonchev–Trinajstić information content (AvgIpc) is 3.37. The van der Waals surface area contributed by atoms with Crippen LogP contribution in [0.2, 0.25) is 0 Å². The molecule has 0 aliphatic heterocycles. The van der Waals surface area contributed by atoms with Crippen LogP contribution in [0.4, 0.5) is 0 Å². The molecule has 398 valence electrons. The van der Waals surface area contributed by atoms with Gasteiger partial charge in [0.15, 0.2) is 17.3 Å². The third-order valence-corrected chi connectivity index (χ3v) is 15.6. The number of nitrogens with zero attached hydrogens (tertiary/aromatic N) is 1. The molecule has 19 heteroatoms. The Balaban J connectivity index is 0.000000278. The third kappa shape index (κ3) is 19.2. The summed E-state index contributed by atoms with van der Waals surface area (Å²) in [6.07, 6.45) is 0. The van der Waals surface area contributed by atoms with Crippen LogP contribution in [-0.2, 0) is 39.9 Å². The summed E-state index contributed by atoms with van der Waals surface area (Å²) in [5.41, 5.74) is 9.67. The Bertz CT molecular complexity index is 3120. The molecule has 6 rings (SSSR count). The molecule has 6 aromatic carbocycles. The molecule has 74 heavy (non-hydrogen) atoms. The maximum atomic E-state index is 12.7. The lowest BCUT2D eigenvalue weighted by molar-refractivity contribution is 0.0969. The Kier molecular flexibility index (Phi) is 22.9. The largest absolute Gasteiger partial charge is 0.497 e. The summed E-state index contributed by atoms with van der Waals surface area (Å²) in [6.45, 7) is 13.8. The zero-order valence-corrected chi connectivity index (χ0v) is 46.7. The molecule has 15 nitrogen and oxygen atoms in total. The second-order valence-electron chi connectivity index (χ2n) is 18.5. The number of carbonyl (C=O) groups is 3. The number of nitrogens with two attached hydrogens (primary N) is 1. The van der Waals surface area contributed by atoms with Gasteiger partial charge in [0.2, 0.25) is 20.0 Å². The molecular formula is C55H66ClN3O12S3. The van der Waals surface area contributed by atoms with E-state index in [1.807, 2.05) is 19.1 Å². The van der Waals surface area contributed by atoms with Crippen LogP contribution < -0.4 is 24.7 Å². The second kappa shape index (κ2) is 27.3. The van der Waals surface area contributed by atoms with E-state index in [1.165, 1.54) is 26.3 Å². The number of likely N-dealkylation sites (N-methyl/N-ethyl adjacent to an activating group) is 1. The molecule has 0 saturated heterocycles. The fourth-order valence-electron chi connectivity index (χ4n) is 6.31. The van der Waals surface area contributed by atoms with Crippen molar-refractivity contribution in [2.75, 3.05) is 48.0 Å². The number of halogens is 1. The highest BCUT2D eigenvalue weighted by molar-refractivity contribution is 8.13. The molecule has 0 aliphatic rings. The van der Waals surface area contributed by atoms with Gasteiger partial charge in [0, 0.05) is 34.4 Å². The summed E-state index contributed by atoms with van der Waals surface area (Å²) >= 11 is 0.